The molecule has 2 aromatic carbocycles. The fourth-order valence-corrected chi connectivity index (χ4v) is 7.39. The summed E-state index contributed by atoms with van der Waals surface area (Å²) in [4.78, 5) is 56.8. The maximum absolute atomic E-state index is 13.7. The number of piperidine rings is 1. The number of anilines is 2. The number of hydrogen-bond donors (Lipinski definition) is 1. The molecule has 226 valence electrons. The molecule has 2 aliphatic heterocycles. The second kappa shape index (κ2) is 11.4. The Kier molecular flexibility index (Phi) is 7.32. The number of hydrogen-bond acceptors (Lipinski definition) is 6. The zero-order valence-electron chi connectivity index (χ0n) is 24.8. The molecule has 2 amide bonds. The van der Waals surface area contributed by atoms with Gasteiger partial charge >= 0.3 is 5.63 Å². The van der Waals surface area contributed by atoms with Crippen molar-refractivity contribution in [1.82, 2.24) is 9.47 Å². The summed E-state index contributed by atoms with van der Waals surface area (Å²) in [6.07, 6.45) is 6.39. The average molecular weight is 593 g/mol. The van der Waals surface area contributed by atoms with Crippen LogP contribution >= 0.6 is 0 Å². The van der Waals surface area contributed by atoms with Crippen LogP contribution in [0.15, 0.2) is 80.7 Å². The number of para-hydroxylation sites is 1. The molecular weight excluding hydrogens is 556 g/mol. The Hall–Kier alpha value is -4.66. The van der Waals surface area contributed by atoms with E-state index < -0.39 is 11.5 Å². The van der Waals surface area contributed by atoms with Gasteiger partial charge in [-0.1, -0.05) is 43.5 Å². The lowest BCUT2D eigenvalue weighted by molar-refractivity contribution is 0.0696. The molecule has 1 saturated heterocycles. The predicted molar refractivity (Wildman–Crippen MR) is 170 cm³/mol. The van der Waals surface area contributed by atoms with Gasteiger partial charge in [0.1, 0.15) is 11.1 Å². The molecule has 4 aromatic rings. The Bertz CT molecular complexity index is 1870. The van der Waals surface area contributed by atoms with Gasteiger partial charge in [0.2, 0.25) is 0 Å². The van der Waals surface area contributed by atoms with Crippen LogP contribution < -0.4 is 21.4 Å². The summed E-state index contributed by atoms with van der Waals surface area (Å²) < 4.78 is 7.33. The number of benzene rings is 2. The number of rotatable bonds is 5. The first-order chi connectivity index (χ1) is 21.4. The van der Waals surface area contributed by atoms with Crippen LogP contribution in [0.3, 0.4) is 0 Å². The number of aromatic nitrogens is 1. The van der Waals surface area contributed by atoms with Gasteiger partial charge in [0.15, 0.2) is 0 Å². The lowest BCUT2D eigenvalue weighted by atomic mass is 9.83. The first-order valence-corrected chi connectivity index (χ1v) is 15.6. The topological polar surface area (TPSA) is 105 Å². The number of carbonyl (C=O) groups is 2. The predicted octanol–water partition coefficient (Wildman–Crippen LogP) is 5.24. The van der Waals surface area contributed by atoms with Crippen LogP contribution in [0.5, 0.6) is 0 Å². The lowest BCUT2D eigenvalue weighted by Gasteiger charge is -2.44. The number of fused-ring (bicyclic) bond motifs is 5. The molecule has 2 fully saturated rings. The van der Waals surface area contributed by atoms with E-state index in [1.54, 1.807) is 36.4 Å². The van der Waals surface area contributed by atoms with Crippen molar-refractivity contribution < 1.29 is 14.0 Å². The summed E-state index contributed by atoms with van der Waals surface area (Å²) in [6, 6.07) is 19.7. The molecule has 3 aliphatic rings. The lowest BCUT2D eigenvalue weighted by Crippen LogP contribution is -2.47. The standard InChI is InChI=1S/C35H36N4O5/c1-37(26-9-3-2-4-10-26)34(42)24-14-15-30(38-19-22-16-25(21-38)29-11-7-13-32(40)39(29)20-22)28(18-24)36-33(41)27-17-23-8-5-6-12-31(23)44-35(27)43/h5-8,11-15,17-18,22,25-26H,2-4,9-10,16,19-21H2,1H3,(H,36,41). The molecule has 2 aromatic heterocycles. The monoisotopic (exact) mass is 592 g/mol. The Balaban J connectivity index is 1.24. The Morgan fingerprint density at radius 2 is 1.73 bits per heavy atom. The quantitative estimate of drug-likeness (QED) is 0.318. The van der Waals surface area contributed by atoms with Crippen molar-refractivity contribution >= 4 is 34.2 Å². The van der Waals surface area contributed by atoms with Crippen molar-refractivity contribution in [3.63, 3.8) is 0 Å². The van der Waals surface area contributed by atoms with E-state index >= 15 is 0 Å². The van der Waals surface area contributed by atoms with Crippen molar-refractivity contribution in [3.05, 3.63) is 104 Å². The third-order valence-electron chi connectivity index (χ3n) is 9.64. The summed E-state index contributed by atoms with van der Waals surface area (Å²) in [5.41, 5.74) is 2.37. The van der Waals surface area contributed by atoms with Gasteiger partial charge in [-0.3, -0.25) is 14.4 Å². The van der Waals surface area contributed by atoms with Crippen LogP contribution in [0.25, 0.3) is 11.0 Å². The van der Waals surface area contributed by atoms with Crippen LogP contribution in [0.4, 0.5) is 11.4 Å². The van der Waals surface area contributed by atoms with Gasteiger partial charge in [-0.2, -0.15) is 0 Å². The van der Waals surface area contributed by atoms with E-state index in [1.807, 2.05) is 46.8 Å². The van der Waals surface area contributed by atoms with Crippen molar-refractivity contribution in [3.8, 4) is 0 Å². The highest BCUT2D eigenvalue weighted by molar-refractivity contribution is 6.08. The van der Waals surface area contributed by atoms with E-state index in [0.29, 0.717) is 41.9 Å². The first kappa shape index (κ1) is 28.1. The molecule has 2 bridgehead atoms. The summed E-state index contributed by atoms with van der Waals surface area (Å²) in [6.45, 7) is 2.01. The smallest absolute Gasteiger partial charge is 0.349 e. The normalized spacial score (nSPS) is 19.8. The Morgan fingerprint density at radius 3 is 2.57 bits per heavy atom. The highest BCUT2D eigenvalue weighted by Gasteiger charge is 2.36. The van der Waals surface area contributed by atoms with Gasteiger partial charge in [0.25, 0.3) is 17.4 Å². The second-order valence-electron chi connectivity index (χ2n) is 12.5. The highest BCUT2D eigenvalue weighted by Crippen LogP contribution is 2.39. The molecule has 9 heteroatoms. The zero-order valence-corrected chi connectivity index (χ0v) is 24.8. The van der Waals surface area contributed by atoms with E-state index in [1.165, 1.54) is 6.42 Å². The minimum absolute atomic E-state index is 0.0257. The number of pyridine rings is 1. The molecule has 4 heterocycles. The molecule has 1 N–H and O–H groups in total. The summed E-state index contributed by atoms with van der Waals surface area (Å²) >= 11 is 0. The van der Waals surface area contributed by atoms with Gasteiger partial charge < -0.3 is 24.1 Å². The highest BCUT2D eigenvalue weighted by atomic mass is 16.4. The fourth-order valence-electron chi connectivity index (χ4n) is 7.39. The van der Waals surface area contributed by atoms with E-state index in [9.17, 15) is 19.2 Å². The van der Waals surface area contributed by atoms with Gasteiger partial charge in [-0.25, -0.2) is 4.79 Å². The molecule has 0 spiro atoms. The van der Waals surface area contributed by atoms with Crippen molar-refractivity contribution in [2.75, 3.05) is 30.4 Å². The molecule has 9 nitrogen and oxygen atoms in total. The molecule has 44 heavy (non-hydrogen) atoms. The van der Waals surface area contributed by atoms with Crippen LogP contribution in [-0.2, 0) is 6.54 Å². The Labute approximate surface area is 255 Å². The van der Waals surface area contributed by atoms with Gasteiger partial charge in [0, 0.05) is 61.4 Å². The third-order valence-corrected chi connectivity index (χ3v) is 9.64. The van der Waals surface area contributed by atoms with Crippen molar-refractivity contribution in [1.29, 1.82) is 0 Å². The largest absolute Gasteiger partial charge is 0.422 e. The molecule has 1 aliphatic carbocycles. The van der Waals surface area contributed by atoms with Crippen LogP contribution in [0.2, 0.25) is 0 Å². The van der Waals surface area contributed by atoms with E-state index in [-0.39, 0.29) is 34.9 Å². The minimum atomic E-state index is -0.721. The van der Waals surface area contributed by atoms with Crippen LogP contribution in [0.1, 0.15) is 70.9 Å². The van der Waals surface area contributed by atoms with E-state index in [2.05, 4.69) is 10.2 Å². The number of amides is 2. The second-order valence-corrected chi connectivity index (χ2v) is 12.5. The number of nitrogens with one attached hydrogen (secondary N) is 1. The molecule has 2 atom stereocenters. The number of carbonyl (C=O) groups excluding carboxylic acids is 2. The average Bonchev–Trinajstić information content (AvgIpc) is 3.04. The van der Waals surface area contributed by atoms with E-state index in [4.69, 9.17) is 4.42 Å². The molecular formula is C35H36N4O5. The van der Waals surface area contributed by atoms with Crippen LogP contribution in [-0.4, -0.2) is 47.5 Å². The molecule has 7 rings (SSSR count). The molecule has 2 unspecified atom stereocenters. The van der Waals surface area contributed by atoms with Crippen LogP contribution in [0, 0.1) is 5.92 Å². The van der Waals surface area contributed by atoms with Crippen molar-refractivity contribution in [2.45, 2.75) is 57.0 Å². The SMILES string of the molecule is CN(C(=O)c1ccc(N2CC3CC(C2)c2cccc(=O)n2C3)c(NC(=O)c2cc3ccccc3oc2=O)c1)C1CCCCC1. The van der Waals surface area contributed by atoms with E-state index in [0.717, 1.165) is 43.5 Å². The fraction of sp³-hybridized carbons (Fsp3) is 0.371. The minimum Gasteiger partial charge on any atom is -0.422 e. The maximum Gasteiger partial charge on any atom is 0.349 e. The van der Waals surface area contributed by atoms with Gasteiger partial charge in [0.05, 0.1) is 11.4 Å². The zero-order chi connectivity index (χ0) is 30.4. The molecule has 0 radical (unpaired) electrons. The summed E-state index contributed by atoms with van der Waals surface area (Å²) in [7, 11) is 1.86. The third kappa shape index (κ3) is 5.20. The first-order valence-electron chi connectivity index (χ1n) is 15.6. The summed E-state index contributed by atoms with van der Waals surface area (Å²) in [5, 5.41) is 3.62. The van der Waals surface area contributed by atoms with Gasteiger partial charge in [-0.15, -0.1) is 0 Å². The molecule has 1 saturated carbocycles. The van der Waals surface area contributed by atoms with Crippen molar-refractivity contribution in [2.24, 2.45) is 5.92 Å². The number of nitrogens with zero attached hydrogens (tertiary/aromatic N) is 3. The maximum atomic E-state index is 13.7. The Morgan fingerprint density at radius 1 is 0.909 bits per heavy atom. The summed E-state index contributed by atoms with van der Waals surface area (Å²) in [5.74, 6) is -0.263. The van der Waals surface area contributed by atoms with Gasteiger partial charge in [-0.05, 0) is 61.6 Å².